The molecule has 8 heteroatoms. The van der Waals surface area contributed by atoms with Crippen LogP contribution in [0.1, 0.15) is 44.9 Å². The molecule has 1 aliphatic rings. The summed E-state index contributed by atoms with van der Waals surface area (Å²) in [6.45, 7) is 0. The van der Waals surface area contributed by atoms with E-state index in [0.717, 1.165) is 31.9 Å². The van der Waals surface area contributed by atoms with Crippen molar-refractivity contribution in [2.45, 2.75) is 56.5 Å². The number of aliphatic carboxylic acids is 1. The minimum absolute atomic E-state index is 0.0135. The highest BCUT2D eigenvalue weighted by Gasteiger charge is 2.40. The monoisotopic (exact) mass is 320 g/mol. The van der Waals surface area contributed by atoms with E-state index in [2.05, 4.69) is 5.32 Å². The molecular formula is C13H24N2O5S. The van der Waals surface area contributed by atoms with E-state index in [1.807, 2.05) is 0 Å². The molecule has 1 unspecified atom stereocenters. The molecule has 0 bridgehead atoms. The molecule has 0 heterocycles. The third kappa shape index (κ3) is 5.62. The molecule has 0 aromatic carbocycles. The molecule has 1 saturated carbocycles. The van der Waals surface area contributed by atoms with Gasteiger partial charge in [0.1, 0.15) is 15.4 Å². The van der Waals surface area contributed by atoms with Gasteiger partial charge in [-0.1, -0.05) is 25.7 Å². The Hall–Kier alpha value is -1.15. The highest BCUT2D eigenvalue weighted by atomic mass is 32.2. The maximum Gasteiger partial charge on any atom is 0.329 e. The minimum atomic E-state index is -3.20. The quantitative estimate of drug-likeness (QED) is 0.593. The van der Waals surface area contributed by atoms with Gasteiger partial charge in [0.05, 0.1) is 11.8 Å². The van der Waals surface area contributed by atoms with Gasteiger partial charge in [-0.2, -0.15) is 0 Å². The number of carboxylic acid groups (broad SMARTS) is 1. The number of sulfone groups is 1. The number of hydrogen-bond donors (Lipinski definition) is 3. The van der Waals surface area contributed by atoms with Crippen LogP contribution in [0.5, 0.6) is 0 Å². The Morgan fingerprint density at radius 2 is 1.76 bits per heavy atom. The zero-order chi connectivity index (χ0) is 16.1. The Morgan fingerprint density at radius 1 is 1.24 bits per heavy atom. The van der Waals surface area contributed by atoms with E-state index < -0.39 is 33.3 Å². The maximum atomic E-state index is 12.1. The molecule has 1 fully saturated rings. The predicted octanol–water partition coefficient (Wildman–Crippen LogP) is 0.0422. The van der Waals surface area contributed by atoms with Crippen molar-refractivity contribution in [3.8, 4) is 0 Å². The van der Waals surface area contributed by atoms with Gasteiger partial charge >= 0.3 is 5.97 Å². The van der Waals surface area contributed by atoms with Gasteiger partial charge in [0, 0.05) is 6.26 Å². The minimum Gasteiger partial charge on any atom is -0.480 e. The molecule has 0 spiro atoms. The number of amides is 1. The van der Waals surface area contributed by atoms with Crippen LogP contribution in [0.2, 0.25) is 0 Å². The molecule has 0 aromatic heterocycles. The van der Waals surface area contributed by atoms with Crippen molar-refractivity contribution < 1.29 is 23.1 Å². The van der Waals surface area contributed by atoms with Gasteiger partial charge in [0.15, 0.2) is 0 Å². The summed E-state index contributed by atoms with van der Waals surface area (Å²) in [7, 11) is -3.20. The van der Waals surface area contributed by atoms with Crippen molar-refractivity contribution in [1.82, 2.24) is 5.32 Å². The molecule has 0 aliphatic heterocycles. The molecular weight excluding hydrogens is 296 g/mol. The number of nitrogens with one attached hydrogen (secondary N) is 1. The van der Waals surface area contributed by atoms with E-state index in [-0.39, 0.29) is 12.2 Å². The Balaban J connectivity index is 2.70. The molecule has 4 N–H and O–H groups in total. The van der Waals surface area contributed by atoms with Crippen molar-refractivity contribution in [3.05, 3.63) is 0 Å². The second-order valence-corrected chi connectivity index (χ2v) is 8.08. The zero-order valence-corrected chi connectivity index (χ0v) is 13.1. The lowest BCUT2D eigenvalue weighted by molar-refractivity contribution is -0.148. The molecule has 7 nitrogen and oxygen atoms in total. The average molecular weight is 320 g/mol. The standard InChI is InChI=1S/C13H24N2O5S/c1-21(19,20)9-6-10(14)11(16)15-13(12(17)18)7-4-2-3-5-8-13/h10H,2-9,14H2,1H3,(H,15,16)(H,17,18). The molecule has 0 saturated heterocycles. The Bertz CT molecular complexity index is 481. The normalized spacial score (nSPS) is 20.3. The van der Waals surface area contributed by atoms with Gasteiger partial charge in [-0.3, -0.25) is 4.79 Å². The number of rotatable bonds is 6. The second-order valence-electron chi connectivity index (χ2n) is 5.82. The van der Waals surface area contributed by atoms with Crippen LogP contribution in [0.4, 0.5) is 0 Å². The van der Waals surface area contributed by atoms with Gasteiger partial charge < -0.3 is 16.2 Å². The molecule has 1 amide bonds. The Kier molecular flexibility index (Phi) is 6.15. The number of nitrogens with two attached hydrogens (primary N) is 1. The molecule has 1 aliphatic carbocycles. The maximum absolute atomic E-state index is 12.1. The van der Waals surface area contributed by atoms with E-state index in [1.54, 1.807) is 0 Å². The topological polar surface area (TPSA) is 127 Å². The van der Waals surface area contributed by atoms with E-state index in [0.29, 0.717) is 12.8 Å². The lowest BCUT2D eigenvalue weighted by Gasteiger charge is -2.30. The smallest absolute Gasteiger partial charge is 0.329 e. The van der Waals surface area contributed by atoms with Crippen molar-refractivity contribution in [2.24, 2.45) is 5.73 Å². The molecule has 0 radical (unpaired) electrons. The van der Waals surface area contributed by atoms with Crippen LogP contribution >= 0.6 is 0 Å². The number of carboxylic acids is 1. The first-order valence-corrected chi connectivity index (χ1v) is 9.21. The van der Waals surface area contributed by atoms with E-state index in [1.165, 1.54) is 0 Å². The summed E-state index contributed by atoms with van der Waals surface area (Å²) < 4.78 is 22.2. The van der Waals surface area contributed by atoms with Crippen LogP contribution in [0.15, 0.2) is 0 Å². The SMILES string of the molecule is CS(=O)(=O)CCC(N)C(=O)NC1(C(=O)O)CCCCCC1. The van der Waals surface area contributed by atoms with Gasteiger partial charge in [0.2, 0.25) is 5.91 Å². The van der Waals surface area contributed by atoms with Gasteiger partial charge in [-0.25, -0.2) is 13.2 Å². The third-order valence-electron chi connectivity index (χ3n) is 3.87. The number of carbonyl (C=O) groups is 2. The molecule has 21 heavy (non-hydrogen) atoms. The van der Waals surface area contributed by atoms with E-state index in [9.17, 15) is 23.1 Å². The molecule has 1 rings (SSSR count). The highest BCUT2D eigenvalue weighted by Crippen LogP contribution is 2.27. The van der Waals surface area contributed by atoms with Crippen LogP contribution in [-0.2, 0) is 19.4 Å². The first kappa shape index (κ1) is 17.9. The first-order valence-electron chi connectivity index (χ1n) is 7.15. The first-order chi connectivity index (χ1) is 9.66. The van der Waals surface area contributed by atoms with Gasteiger partial charge in [-0.15, -0.1) is 0 Å². The van der Waals surface area contributed by atoms with Gasteiger partial charge in [0.25, 0.3) is 0 Å². The van der Waals surface area contributed by atoms with Crippen molar-refractivity contribution in [1.29, 1.82) is 0 Å². The van der Waals surface area contributed by atoms with Crippen LogP contribution in [0, 0.1) is 0 Å². The fraction of sp³-hybridized carbons (Fsp3) is 0.846. The number of hydrogen-bond acceptors (Lipinski definition) is 5. The summed E-state index contributed by atoms with van der Waals surface area (Å²) in [6, 6.07) is -1.01. The Labute approximate surface area is 125 Å². The van der Waals surface area contributed by atoms with Crippen LogP contribution in [-0.4, -0.2) is 49.0 Å². The van der Waals surface area contributed by atoms with Crippen LogP contribution in [0.3, 0.4) is 0 Å². The largest absolute Gasteiger partial charge is 0.480 e. The number of carbonyl (C=O) groups excluding carboxylic acids is 1. The third-order valence-corrected chi connectivity index (χ3v) is 4.84. The second kappa shape index (κ2) is 7.22. The molecule has 0 aromatic rings. The Morgan fingerprint density at radius 3 is 2.19 bits per heavy atom. The lowest BCUT2D eigenvalue weighted by atomic mass is 9.89. The van der Waals surface area contributed by atoms with Crippen LogP contribution < -0.4 is 11.1 Å². The van der Waals surface area contributed by atoms with Crippen molar-refractivity contribution in [2.75, 3.05) is 12.0 Å². The zero-order valence-electron chi connectivity index (χ0n) is 12.3. The molecule has 122 valence electrons. The van der Waals surface area contributed by atoms with E-state index in [4.69, 9.17) is 5.73 Å². The molecule has 1 atom stereocenters. The summed E-state index contributed by atoms with van der Waals surface area (Å²) in [5.74, 6) is -1.84. The van der Waals surface area contributed by atoms with Crippen molar-refractivity contribution in [3.63, 3.8) is 0 Å². The fourth-order valence-corrected chi connectivity index (χ4v) is 3.21. The van der Waals surface area contributed by atoms with Gasteiger partial charge in [-0.05, 0) is 19.3 Å². The summed E-state index contributed by atoms with van der Waals surface area (Å²) in [5, 5.41) is 12.0. The lowest BCUT2D eigenvalue weighted by Crippen LogP contribution is -2.58. The summed E-state index contributed by atoms with van der Waals surface area (Å²) in [5.41, 5.74) is 4.40. The van der Waals surface area contributed by atoms with Crippen LogP contribution in [0.25, 0.3) is 0 Å². The summed E-state index contributed by atoms with van der Waals surface area (Å²) in [4.78, 5) is 23.6. The van der Waals surface area contributed by atoms with E-state index >= 15 is 0 Å². The fourth-order valence-electron chi connectivity index (χ4n) is 2.53. The van der Waals surface area contributed by atoms with Crippen molar-refractivity contribution >= 4 is 21.7 Å². The highest BCUT2D eigenvalue weighted by molar-refractivity contribution is 7.90. The predicted molar refractivity (Wildman–Crippen MR) is 78.5 cm³/mol. The summed E-state index contributed by atoms with van der Waals surface area (Å²) >= 11 is 0. The average Bonchev–Trinajstić information content (AvgIpc) is 2.61. The summed E-state index contributed by atoms with van der Waals surface area (Å²) in [6.07, 6.45) is 5.20.